The van der Waals surface area contributed by atoms with Crippen LogP contribution in [0.5, 0.6) is 5.75 Å². The van der Waals surface area contributed by atoms with E-state index in [-0.39, 0.29) is 12.1 Å². The molecule has 3 N–H and O–H groups in total. The highest BCUT2D eigenvalue weighted by Gasteiger charge is 2.29. The highest BCUT2D eigenvalue weighted by molar-refractivity contribution is 7.14. The van der Waals surface area contributed by atoms with E-state index in [1.54, 1.807) is 18.4 Å². The first-order chi connectivity index (χ1) is 16.2. The summed E-state index contributed by atoms with van der Waals surface area (Å²) < 4.78 is 11.4. The Morgan fingerprint density at radius 3 is 3.03 bits per heavy atom. The fourth-order valence-electron chi connectivity index (χ4n) is 4.75. The van der Waals surface area contributed by atoms with Crippen LogP contribution in [0.4, 0.5) is 11.6 Å². The van der Waals surface area contributed by atoms with Gasteiger partial charge < -0.3 is 25.1 Å². The number of nitrogens with one attached hydrogen (secondary N) is 3. The molecule has 0 bridgehead atoms. The quantitative estimate of drug-likeness (QED) is 0.409. The molecule has 0 amide bonds. The first-order valence-electron chi connectivity index (χ1n) is 11.3. The maximum atomic E-state index is 6.13. The lowest BCUT2D eigenvalue weighted by atomic mass is 9.91. The molecule has 1 unspecified atom stereocenters. The largest absolute Gasteiger partial charge is 0.484 e. The number of aryl methyl sites for hydroxylation is 2. The van der Waals surface area contributed by atoms with Crippen molar-refractivity contribution in [1.29, 1.82) is 0 Å². The van der Waals surface area contributed by atoms with Gasteiger partial charge in [-0.1, -0.05) is 18.2 Å². The van der Waals surface area contributed by atoms with Crippen molar-refractivity contribution in [1.82, 2.24) is 19.9 Å². The van der Waals surface area contributed by atoms with Crippen molar-refractivity contribution in [3.05, 3.63) is 46.7 Å². The molecule has 33 heavy (non-hydrogen) atoms. The van der Waals surface area contributed by atoms with Crippen LogP contribution >= 0.6 is 11.3 Å². The predicted octanol–water partition coefficient (Wildman–Crippen LogP) is 4.18. The second-order valence-electron chi connectivity index (χ2n) is 8.64. The van der Waals surface area contributed by atoms with Crippen molar-refractivity contribution in [3.8, 4) is 16.5 Å². The standard InChI is InChI=1S/C24H26N6O2S/c1-13-25-10-20(33-13)22-29-23(21-24(30-22)27-15(11-31-2)12-32-21)26-14-7-8-19-17(9-14)16-5-3-4-6-18(16)28-19/h3-6,10,14-15,28H,7-9,11-12H2,1-2H3,(H2,26,27,29,30)/t14-,15?/m1/s1. The number of methoxy groups -OCH3 is 1. The Morgan fingerprint density at radius 2 is 2.18 bits per heavy atom. The Balaban J connectivity index is 1.34. The Morgan fingerprint density at radius 1 is 1.27 bits per heavy atom. The molecule has 8 nitrogen and oxygen atoms in total. The van der Waals surface area contributed by atoms with Gasteiger partial charge in [-0.25, -0.2) is 15.0 Å². The van der Waals surface area contributed by atoms with Crippen LogP contribution in [0.25, 0.3) is 21.6 Å². The van der Waals surface area contributed by atoms with E-state index in [4.69, 9.17) is 19.4 Å². The Hall–Kier alpha value is -3.17. The summed E-state index contributed by atoms with van der Waals surface area (Å²) in [4.78, 5) is 18.6. The average molecular weight is 463 g/mol. The molecule has 0 fully saturated rings. The van der Waals surface area contributed by atoms with Gasteiger partial charge in [-0.05, 0) is 37.8 Å². The smallest absolute Gasteiger partial charge is 0.204 e. The second-order valence-corrected chi connectivity index (χ2v) is 9.87. The fourth-order valence-corrected chi connectivity index (χ4v) is 5.47. The molecule has 1 aliphatic heterocycles. The first kappa shape index (κ1) is 20.4. The summed E-state index contributed by atoms with van der Waals surface area (Å²) in [6.07, 6.45) is 4.80. The average Bonchev–Trinajstić information content (AvgIpc) is 3.42. The number of fused-ring (bicyclic) bond motifs is 4. The van der Waals surface area contributed by atoms with Crippen LogP contribution in [0, 0.1) is 6.92 Å². The second kappa shape index (κ2) is 8.31. The van der Waals surface area contributed by atoms with Crippen LogP contribution in [-0.4, -0.2) is 52.3 Å². The van der Waals surface area contributed by atoms with Crippen LogP contribution in [0.2, 0.25) is 0 Å². The normalized spacial score (nSPS) is 19.5. The monoisotopic (exact) mass is 462 g/mol. The van der Waals surface area contributed by atoms with Crippen LogP contribution in [0.1, 0.15) is 22.7 Å². The van der Waals surface area contributed by atoms with E-state index >= 15 is 0 Å². The zero-order valence-electron chi connectivity index (χ0n) is 18.6. The number of ether oxygens (including phenoxy) is 2. The molecule has 1 aliphatic carbocycles. The molecule has 9 heteroatoms. The summed E-state index contributed by atoms with van der Waals surface area (Å²) in [7, 11) is 1.69. The Kier molecular flexibility index (Phi) is 5.15. The molecule has 4 heterocycles. The number of hydrogen-bond donors (Lipinski definition) is 3. The molecule has 3 aromatic heterocycles. The third-order valence-corrected chi connectivity index (χ3v) is 7.19. The summed E-state index contributed by atoms with van der Waals surface area (Å²) in [5.41, 5.74) is 3.96. The third kappa shape index (κ3) is 3.81. The molecule has 1 aromatic carbocycles. The minimum Gasteiger partial charge on any atom is -0.484 e. The summed E-state index contributed by atoms with van der Waals surface area (Å²) in [6.45, 7) is 3.05. The number of rotatable bonds is 5. The maximum Gasteiger partial charge on any atom is 0.204 e. The number of thiazole rings is 1. The highest BCUT2D eigenvalue weighted by atomic mass is 32.1. The highest BCUT2D eigenvalue weighted by Crippen LogP contribution is 2.38. The molecule has 6 rings (SSSR count). The number of hydrogen-bond acceptors (Lipinski definition) is 8. The number of aromatic nitrogens is 4. The number of H-pyrrole nitrogens is 1. The van der Waals surface area contributed by atoms with Crippen molar-refractivity contribution in [2.45, 2.75) is 38.3 Å². The zero-order valence-corrected chi connectivity index (χ0v) is 19.5. The van der Waals surface area contributed by atoms with Crippen molar-refractivity contribution in [3.63, 3.8) is 0 Å². The lowest BCUT2D eigenvalue weighted by Gasteiger charge is -2.30. The van der Waals surface area contributed by atoms with Crippen LogP contribution in [0.15, 0.2) is 30.5 Å². The lowest BCUT2D eigenvalue weighted by Crippen LogP contribution is -2.36. The number of para-hydroxylation sites is 1. The molecular weight excluding hydrogens is 436 g/mol. The number of nitrogens with zero attached hydrogens (tertiary/aromatic N) is 3. The van der Waals surface area contributed by atoms with Gasteiger partial charge in [0.05, 0.1) is 22.5 Å². The van der Waals surface area contributed by atoms with Crippen LogP contribution in [-0.2, 0) is 17.6 Å². The topological polar surface area (TPSA) is 97.0 Å². The van der Waals surface area contributed by atoms with E-state index < -0.39 is 0 Å². The number of aromatic amines is 1. The van der Waals surface area contributed by atoms with E-state index in [9.17, 15) is 0 Å². The van der Waals surface area contributed by atoms with Crippen LogP contribution in [0.3, 0.4) is 0 Å². The molecule has 170 valence electrons. The van der Waals surface area contributed by atoms with Gasteiger partial charge in [-0.3, -0.25) is 0 Å². The van der Waals surface area contributed by atoms with E-state index in [0.717, 1.165) is 35.0 Å². The van der Waals surface area contributed by atoms with Crippen molar-refractivity contribution in [2.75, 3.05) is 31.0 Å². The van der Waals surface area contributed by atoms with Gasteiger partial charge in [0.2, 0.25) is 5.75 Å². The molecular formula is C24H26N6O2S. The van der Waals surface area contributed by atoms with Gasteiger partial charge >= 0.3 is 0 Å². The Labute approximate surface area is 195 Å². The first-order valence-corrected chi connectivity index (χ1v) is 12.1. The van der Waals surface area contributed by atoms with Crippen molar-refractivity contribution in [2.24, 2.45) is 0 Å². The SMILES string of the molecule is COCC1COc2c(nc(-c3cnc(C)s3)nc2N[C@@H]2CCc3[nH]c4ccccc4c3C2)N1. The van der Waals surface area contributed by atoms with Gasteiger partial charge in [0.1, 0.15) is 6.61 Å². The summed E-state index contributed by atoms with van der Waals surface area (Å²) in [5, 5.41) is 9.45. The molecule has 0 spiro atoms. The van der Waals surface area contributed by atoms with Gasteiger partial charge in [-0.2, -0.15) is 0 Å². The summed E-state index contributed by atoms with van der Waals surface area (Å²) in [6, 6.07) is 8.84. The summed E-state index contributed by atoms with van der Waals surface area (Å²) in [5.74, 6) is 2.76. The van der Waals surface area contributed by atoms with Crippen molar-refractivity contribution < 1.29 is 9.47 Å². The third-order valence-electron chi connectivity index (χ3n) is 6.28. The molecule has 2 atom stereocenters. The molecule has 0 radical (unpaired) electrons. The van der Waals surface area contributed by atoms with E-state index in [2.05, 4.69) is 44.9 Å². The maximum absolute atomic E-state index is 6.13. The van der Waals surface area contributed by atoms with Crippen LogP contribution < -0.4 is 15.4 Å². The predicted molar refractivity (Wildman–Crippen MR) is 130 cm³/mol. The molecule has 0 saturated heterocycles. The lowest BCUT2D eigenvalue weighted by molar-refractivity contribution is 0.154. The molecule has 2 aliphatic rings. The minimum absolute atomic E-state index is 0.0461. The van der Waals surface area contributed by atoms with Gasteiger partial charge in [-0.15, -0.1) is 11.3 Å². The fraction of sp³-hybridized carbons (Fsp3) is 0.375. The molecule has 4 aromatic rings. The zero-order chi connectivity index (χ0) is 22.4. The summed E-state index contributed by atoms with van der Waals surface area (Å²) >= 11 is 1.59. The minimum atomic E-state index is 0.0461. The van der Waals surface area contributed by atoms with Gasteiger partial charge in [0.25, 0.3) is 0 Å². The van der Waals surface area contributed by atoms with E-state index in [0.29, 0.717) is 30.6 Å². The molecule has 0 saturated carbocycles. The van der Waals surface area contributed by atoms with E-state index in [1.807, 2.05) is 13.1 Å². The Bertz CT molecular complexity index is 1320. The van der Waals surface area contributed by atoms with E-state index in [1.165, 1.54) is 22.2 Å². The van der Waals surface area contributed by atoms with Gasteiger partial charge in [0.15, 0.2) is 17.5 Å². The number of anilines is 2. The van der Waals surface area contributed by atoms with Crippen molar-refractivity contribution >= 4 is 33.9 Å². The van der Waals surface area contributed by atoms with Gasteiger partial charge in [0, 0.05) is 35.9 Å². The number of benzene rings is 1.